The monoisotopic (exact) mass is 648 g/mol. The summed E-state index contributed by atoms with van der Waals surface area (Å²) in [5.74, 6) is 1.73. The molecule has 2 aromatic carbocycles. The quantitative estimate of drug-likeness (QED) is 0.301. The molecule has 6 nitrogen and oxygen atoms in total. The summed E-state index contributed by atoms with van der Waals surface area (Å²) in [5, 5.41) is 0. The Balaban J connectivity index is 0.000000289. The Morgan fingerprint density at radius 2 is 0.905 bits per heavy atom. The average molecular weight is 649 g/mol. The smallest absolute Gasteiger partial charge is 0.456 e. The molecule has 2 aliphatic rings. The molecule has 0 saturated heterocycles. The Morgan fingerprint density at radius 1 is 0.595 bits per heavy atom. The lowest BCUT2D eigenvalue weighted by atomic mass is 10.0. The Hall–Kier alpha value is -2.15. The van der Waals surface area contributed by atoms with Gasteiger partial charge in [-0.2, -0.15) is 0 Å². The molecule has 0 unspecified atom stereocenters. The van der Waals surface area contributed by atoms with Gasteiger partial charge in [0.2, 0.25) is 0 Å². The van der Waals surface area contributed by atoms with Gasteiger partial charge in [-0.1, -0.05) is 110 Å². The van der Waals surface area contributed by atoms with Gasteiger partial charge in [-0.3, -0.25) is 0 Å². The Bertz CT molecular complexity index is 1060. The molecule has 0 amide bonds. The predicted octanol–water partition coefficient (Wildman–Crippen LogP) is 9.84. The molecule has 10 heteroatoms. The molecule has 236 valence electrons. The molecule has 0 spiro atoms. The summed E-state index contributed by atoms with van der Waals surface area (Å²) < 4.78 is 21.5. The molecule has 2 heterocycles. The molecule has 0 atom stereocenters. The molecule has 0 fully saturated rings. The van der Waals surface area contributed by atoms with Crippen LogP contribution in [0.3, 0.4) is 0 Å². The van der Waals surface area contributed by atoms with Crippen LogP contribution in [0.25, 0.3) is 0 Å². The fourth-order valence-corrected chi connectivity index (χ4v) is 6.32. The summed E-state index contributed by atoms with van der Waals surface area (Å²) in [7, 11) is -5.95. The number of benzene rings is 2. The zero-order valence-corrected chi connectivity index (χ0v) is 32.5. The highest BCUT2D eigenvalue weighted by molar-refractivity contribution is 7.39. The highest BCUT2D eigenvalue weighted by atomic mass is 29.3. The van der Waals surface area contributed by atoms with E-state index < -0.39 is 32.3 Å². The van der Waals surface area contributed by atoms with E-state index in [9.17, 15) is 9.59 Å². The lowest BCUT2D eigenvalue weighted by Gasteiger charge is -2.30. The van der Waals surface area contributed by atoms with Crippen LogP contribution in [0, 0.1) is 5.92 Å². The minimum atomic E-state index is -2.25. The van der Waals surface area contributed by atoms with Gasteiger partial charge in [-0.05, 0) is 30.2 Å². The molecule has 4 rings (SSSR count). The maximum absolute atomic E-state index is 11.4. The van der Waals surface area contributed by atoms with Gasteiger partial charge in [0.1, 0.15) is 11.5 Å². The lowest BCUT2D eigenvalue weighted by molar-refractivity contribution is 0.0650. The second kappa shape index (κ2) is 16.1. The van der Waals surface area contributed by atoms with Crippen molar-refractivity contribution in [2.24, 2.45) is 5.92 Å². The first-order valence-electron chi connectivity index (χ1n) is 15.3. The maximum Gasteiger partial charge on any atom is 0.456 e. The van der Waals surface area contributed by atoms with Crippen LogP contribution in [0.15, 0.2) is 48.5 Å². The molecule has 0 bridgehead atoms. The van der Waals surface area contributed by atoms with Crippen molar-refractivity contribution in [2.45, 2.75) is 112 Å². The van der Waals surface area contributed by atoms with Crippen LogP contribution < -0.4 is 8.85 Å². The van der Waals surface area contributed by atoms with Gasteiger partial charge in [0.05, 0.1) is 11.1 Å². The van der Waals surface area contributed by atoms with Crippen molar-refractivity contribution in [3.8, 4) is 11.5 Å². The third kappa shape index (κ3) is 13.0. The van der Waals surface area contributed by atoms with Crippen molar-refractivity contribution >= 4 is 44.2 Å². The fraction of sp³-hybridized carbons (Fsp3) is 0.562. The minimum absolute atomic E-state index is 0.265. The number of carbonyl (C=O) groups excluding carboxylic acids is 2. The number of para-hydroxylation sites is 2. The summed E-state index contributed by atoms with van der Waals surface area (Å²) in [4.78, 5) is 22.9. The number of carbonyl (C=O) groups is 2. The molecule has 0 N–H and O–H groups in total. The van der Waals surface area contributed by atoms with Crippen LogP contribution in [-0.4, -0.2) is 44.2 Å². The summed E-state index contributed by atoms with van der Waals surface area (Å²) in [6, 6.07) is 14.3. The second-order valence-corrected chi connectivity index (χ2v) is 38.4. The van der Waals surface area contributed by atoms with Crippen molar-refractivity contribution in [1.29, 1.82) is 0 Å². The zero-order chi connectivity index (χ0) is 32.4. The molecule has 0 aromatic heterocycles. The van der Waals surface area contributed by atoms with E-state index in [1.165, 1.54) is 25.7 Å². The van der Waals surface area contributed by atoms with Crippen LogP contribution in [0.1, 0.15) is 67.2 Å². The average Bonchev–Trinajstić information content (AvgIpc) is 2.83. The lowest BCUT2D eigenvalue weighted by Crippen LogP contribution is -2.49. The van der Waals surface area contributed by atoms with Crippen molar-refractivity contribution in [3.63, 3.8) is 0 Å². The summed E-state index contributed by atoms with van der Waals surface area (Å²) in [6.07, 6.45) is 5.52. The number of hydrogen-bond acceptors (Lipinski definition) is 6. The highest BCUT2D eigenvalue weighted by Crippen LogP contribution is 2.29. The van der Waals surface area contributed by atoms with E-state index >= 15 is 0 Å². The van der Waals surface area contributed by atoms with Gasteiger partial charge in [0, 0.05) is 41.4 Å². The first-order valence-corrected chi connectivity index (χ1v) is 28.9. The van der Waals surface area contributed by atoms with Crippen LogP contribution >= 0.6 is 0 Å². The van der Waals surface area contributed by atoms with Crippen LogP contribution in [0.4, 0.5) is 0 Å². The van der Waals surface area contributed by atoms with Crippen LogP contribution in [0.5, 0.6) is 11.5 Å². The summed E-state index contributed by atoms with van der Waals surface area (Å²) in [6.45, 7) is 29.1. The van der Waals surface area contributed by atoms with Crippen molar-refractivity contribution in [2.75, 3.05) is 0 Å². The first-order chi connectivity index (χ1) is 19.2. The molecule has 0 aliphatic carbocycles. The SMILES string of the molecule is CCCC(C)CCC.C[Si](C)(C)[Si](C)(C)C.C[Si]1(C)OC(=O)c2ccccc2O1.C[Si]1(C)OC(=O)c2ccccc2O1. The van der Waals surface area contributed by atoms with Crippen LogP contribution in [-0.2, 0) is 8.85 Å². The van der Waals surface area contributed by atoms with Gasteiger partial charge < -0.3 is 17.7 Å². The van der Waals surface area contributed by atoms with E-state index in [1.54, 1.807) is 36.4 Å². The van der Waals surface area contributed by atoms with Crippen LogP contribution in [0.2, 0.25) is 65.5 Å². The van der Waals surface area contributed by atoms with E-state index in [2.05, 4.69) is 60.1 Å². The summed E-state index contributed by atoms with van der Waals surface area (Å²) >= 11 is 0. The zero-order valence-electron chi connectivity index (χ0n) is 28.5. The molecule has 2 aromatic rings. The standard InChI is InChI=1S/2C9H10O3Si.C8H18.C6H18Si2/c2*1-13(2)11-8-6-4-3-5-7(8)9(10)12-13;1-4-6-8(3)7-5-2;1-7(2,3)8(4,5)6/h2*3-6H,1-2H3;8H,4-7H2,1-3H3;1-6H3. The Labute approximate surface area is 259 Å². The third-order valence-electron chi connectivity index (χ3n) is 7.42. The van der Waals surface area contributed by atoms with E-state index in [-0.39, 0.29) is 11.9 Å². The molecule has 42 heavy (non-hydrogen) atoms. The first kappa shape index (κ1) is 37.9. The van der Waals surface area contributed by atoms with Gasteiger partial charge in [-0.25, -0.2) is 9.59 Å². The molecule has 0 saturated carbocycles. The largest absolute Gasteiger partial charge is 0.511 e. The van der Waals surface area contributed by atoms with Crippen molar-refractivity contribution in [3.05, 3.63) is 59.7 Å². The predicted molar refractivity (Wildman–Crippen MR) is 186 cm³/mol. The van der Waals surface area contributed by atoms with Gasteiger partial charge in [0.15, 0.2) is 0 Å². The van der Waals surface area contributed by atoms with E-state index in [0.29, 0.717) is 22.6 Å². The minimum Gasteiger partial charge on any atom is -0.511 e. The Morgan fingerprint density at radius 3 is 1.19 bits per heavy atom. The second-order valence-electron chi connectivity index (χ2n) is 14.0. The normalized spacial score (nSPS) is 16.1. The molecule has 2 aliphatic heterocycles. The van der Waals surface area contributed by atoms with Gasteiger partial charge >= 0.3 is 29.1 Å². The molecular formula is C32H56O6Si4. The number of rotatable bonds is 5. The van der Waals surface area contributed by atoms with Gasteiger partial charge in [-0.15, -0.1) is 0 Å². The molecular weight excluding hydrogens is 593 g/mol. The van der Waals surface area contributed by atoms with Crippen molar-refractivity contribution in [1.82, 2.24) is 0 Å². The topological polar surface area (TPSA) is 71.1 Å². The Kier molecular flexibility index (Phi) is 14.5. The van der Waals surface area contributed by atoms with E-state index in [4.69, 9.17) is 17.7 Å². The van der Waals surface area contributed by atoms with Crippen molar-refractivity contribution < 1.29 is 27.3 Å². The van der Waals surface area contributed by atoms with Gasteiger partial charge in [0.25, 0.3) is 0 Å². The fourth-order valence-electron chi connectivity index (χ4n) is 3.71. The van der Waals surface area contributed by atoms with E-state index in [0.717, 1.165) is 5.92 Å². The third-order valence-corrected chi connectivity index (χ3v) is 28.2. The molecule has 0 radical (unpaired) electrons. The highest BCUT2D eigenvalue weighted by Gasteiger charge is 2.38. The number of hydrogen-bond donors (Lipinski definition) is 0. The van der Waals surface area contributed by atoms with E-state index in [1.807, 2.05) is 38.3 Å². The summed E-state index contributed by atoms with van der Waals surface area (Å²) in [5.41, 5.74) is 1.05. The number of fused-ring (bicyclic) bond motifs is 2. The maximum atomic E-state index is 11.4.